The van der Waals surface area contributed by atoms with Crippen LogP contribution in [-0.2, 0) is 6.42 Å². The van der Waals surface area contributed by atoms with Crippen molar-refractivity contribution >= 4 is 23.4 Å². The van der Waals surface area contributed by atoms with Gasteiger partial charge in [-0.25, -0.2) is 4.39 Å². The summed E-state index contributed by atoms with van der Waals surface area (Å²) in [7, 11) is 0. The maximum atomic E-state index is 13.6. The van der Waals surface area contributed by atoms with Gasteiger partial charge in [-0.1, -0.05) is 23.7 Å². The molecule has 5 heteroatoms. The Labute approximate surface area is 105 Å². The molecule has 1 unspecified atom stereocenters. The second kappa shape index (κ2) is 7.12. The van der Waals surface area contributed by atoms with E-state index in [1.54, 1.807) is 30.0 Å². The first kappa shape index (κ1) is 13.8. The number of rotatable bonds is 6. The molecular formula is C11H16ClFN2S. The zero-order chi connectivity index (χ0) is 12.0. The van der Waals surface area contributed by atoms with Crippen molar-refractivity contribution in [3.8, 4) is 0 Å². The van der Waals surface area contributed by atoms with Gasteiger partial charge in [0.05, 0.1) is 5.02 Å². The Bertz CT molecular complexity index is 336. The van der Waals surface area contributed by atoms with Crippen LogP contribution in [0.4, 0.5) is 4.39 Å². The van der Waals surface area contributed by atoms with Crippen LogP contribution in [0.15, 0.2) is 18.2 Å². The first-order valence-corrected chi connectivity index (χ1v) is 6.84. The van der Waals surface area contributed by atoms with E-state index >= 15 is 0 Å². The molecule has 1 aromatic rings. The largest absolute Gasteiger partial charge is 0.271 e. The Morgan fingerprint density at radius 2 is 2.31 bits per heavy atom. The fraction of sp³-hybridized carbons (Fsp3) is 0.455. The van der Waals surface area contributed by atoms with Gasteiger partial charge in [-0.2, -0.15) is 11.8 Å². The maximum Gasteiger partial charge on any atom is 0.145 e. The second-order valence-corrected chi connectivity index (χ2v) is 4.95. The van der Waals surface area contributed by atoms with Crippen molar-refractivity contribution in [1.82, 2.24) is 5.43 Å². The molecule has 0 heterocycles. The highest BCUT2D eigenvalue weighted by Crippen LogP contribution is 2.19. The third-order valence-corrected chi connectivity index (χ3v) is 3.34. The molecule has 0 radical (unpaired) electrons. The fourth-order valence-electron chi connectivity index (χ4n) is 1.48. The minimum absolute atomic E-state index is 0.0837. The third kappa shape index (κ3) is 3.94. The molecule has 0 saturated heterocycles. The highest BCUT2D eigenvalue weighted by Gasteiger charge is 2.12. The average molecular weight is 263 g/mol. The number of hydrogen-bond acceptors (Lipinski definition) is 3. The molecule has 0 aliphatic carbocycles. The molecule has 0 fully saturated rings. The number of hydrazine groups is 1. The Morgan fingerprint density at radius 1 is 1.56 bits per heavy atom. The molecule has 0 spiro atoms. The normalized spacial score (nSPS) is 12.8. The lowest BCUT2D eigenvalue weighted by molar-refractivity contribution is 0.500. The number of halogens is 2. The van der Waals surface area contributed by atoms with E-state index in [4.69, 9.17) is 17.4 Å². The lowest BCUT2D eigenvalue weighted by Gasteiger charge is -2.15. The topological polar surface area (TPSA) is 38.0 Å². The summed E-state index contributed by atoms with van der Waals surface area (Å²) in [6, 6.07) is 5.13. The summed E-state index contributed by atoms with van der Waals surface area (Å²) in [5.41, 5.74) is 3.32. The molecule has 0 aliphatic rings. The maximum absolute atomic E-state index is 13.6. The van der Waals surface area contributed by atoms with Crippen molar-refractivity contribution < 1.29 is 4.39 Å². The van der Waals surface area contributed by atoms with Crippen LogP contribution in [-0.4, -0.2) is 18.1 Å². The Morgan fingerprint density at radius 3 is 2.94 bits per heavy atom. The Kier molecular flexibility index (Phi) is 6.13. The predicted molar refractivity (Wildman–Crippen MR) is 69.2 cm³/mol. The number of nitrogens with one attached hydrogen (secondary N) is 1. The van der Waals surface area contributed by atoms with Crippen molar-refractivity contribution in [2.75, 3.05) is 12.0 Å². The third-order valence-electron chi connectivity index (χ3n) is 2.40. The van der Waals surface area contributed by atoms with Crippen LogP contribution in [0.1, 0.15) is 12.0 Å². The molecule has 2 nitrogen and oxygen atoms in total. The standard InChI is InChI=1S/C11H16ClFN2S/c1-16-6-5-9(15-14)7-8-3-2-4-10(12)11(8)13/h2-4,9,15H,5-7,14H2,1H3. The molecule has 1 rings (SSSR count). The summed E-state index contributed by atoms with van der Waals surface area (Å²) < 4.78 is 13.6. The molecule has 1 aromatic carbocycles. The number of thioether (sulfide) groups is 1. The van der Waals surface area contributed by atoms with Crippen LogP contribution in [0.5, 0.6) is 0 Å². The van der Waals surface area contributed by atoms with E-state index in [1.807, 2.05) is 6.26 Å². The highest BCUT2D eigenvalue weighted by molar-refractivity contribution is 7.98. The molecule has 0 saturated carbocycles. The van der Waals surface area contributed by atoms with Crippen LogP contribution < -0.4 is 11.3 Å². The fourth-order valence-corrected chi connectivity index (χ4v) is 2.19. The van der Waals surface area contributed by atoms with E-state index in [0.29, 0.717) is 12.0 Å². The van der Waals surface area contributed by atoms with E-state index in [-0.39, 0.29) is 16.9 Å². The van der Waals surface area contributed by atoms with Gasteiger partial charge in [0.15, 0.2) is 0 Å². The van der Waals surface area contributed by atoms with Gasteiger partial charge in [0.2, 0.25) is 0 Å². The molecule has 16 heavy (non-hydrogen) atoms. The smallest absolute Gasteiger partial charge is 0.145 e. The van der Waals surface area contributed by atoms with E-state index < -0.39 is 0 Å². The average Bonchev–Trinajstić information content (AvgIpc) is 2.30. The van der Waals surface area contributed by atoms with Gasteiger partial charge in [-0.15, -0.1) is 0 Å². The molecule has 90 valence electrons. The van der Waals surface area contributed by atoms with Gasteiger partial charge < -0.3 is 0 Å². The van der Waals surface area contributed by atoms with Crippen LogP contribution in [0.3, 0.4) is 0 Å². The van der Waals surface area contributed by atoms with E-state index in [9.17, 15) is 4.39 Å². The van der Waals surface area contributed by atoms with Crippen LogP contribution in [0.25, 0.3) is 0 Å². The van der Waals surface area contributed by atoms with E-state index in [1.165, 1.54) is 0 Å². The van der Waals surface area contributed by atoms with Gasteiger partial charge in [0.25, 0.3) is 0 Å². The summed E-state index contributed by atoms with van der Waals surface area (Å²) >= 11 is 7.46. The Hall–Kier alpha value is -0.290. The molecule has 0 bridgehead atoms. The zero-order valence-electron chi connectivity index (χ0n) is 9.17. The van der Waals surface area contributed by atoms with Crippen LogP contribution >= 0.6 is 23.4 Å². The molecule has 0 amide bonds. The lowest BCUT2D eigenvalue weighted by atomic mass is 10.0. The van der Waals surface area contributed by atoms with Crippen LogP contribution in [0, 0.1) is 5.82 Å². The van der Waals surface area contributed by atoms with Crippen LogP contribution in [0.2, 0.25) is 5.02 Å². The first-order chi connectivity index (χ1) is 7.69. The molecule has 0 aliphatic heterocycles. The highest BCUT2D eigenvalue weighted by atomic mass is 35.5. The summed E-state index contributed by atoms with van der Waals surface area (Å²) in [5, 5.41) is 0.165. The quantitative estimate of drug-likeness (QED) is 0.611. The number of benzene rings is 1. The Balaban J connectivity index is 2.66. The van der Waals surface area contributed by atoms with E-state index in [2.05, 4.69) is 5.43 Å². The second-order valence-electron chi connectivity index (χ2n) is 3.56. The lowest BCUT2D eigenvalue weighted by Crippen LogP contribution is -2.37. The molecule has 0 aromatic heterocycles. The van der Waals surface area contributed by atoms with Crippen molar-refractivity contribution in [3.05, 3.63) is 34.6 Å². The summed E-state index contributed by atoms with van der Waals surface area (Å²) in [6.07, 6.45) is 3.50. The predicted octanol–water partition coefficient (Wildman–Crippen LogP) is 2.61. The SMILES string of the molecule is CSCCC(Cc1cccc(Cl)c1F)NN. The molecule has 1 atom stereocenters. The summed E-state index contributed by atoms with van der Waals surface area (Å²) in [5.74, 6) is 6.09. The van der Waals surface area contributed by atoms with Gasteiger partial charge in [0.1, 0.15) is 5.82 Å². The monoisotopic (exact) mass is 262 g/mol. The van der Waals surface area contributed by atoms with Crippen molar-refractivity contribution in [2.24, 2.45) is 5.84 Å². The summed E-state index contributed by atoms with van der Waals surface area (Å²) in [6.45, 7) is 0. The first-order valence-electron chi connectivity index (χ1n) is 5.07. The zero-order valence-corrected chi connectivity index (χ0v) is 10.7. The summed E-state index contributed by atoms with van der Waals surface area (Å²) in [4.78, 5) is 0. The van der Waals surface area contributed by atoms with Gasteiger partial charge in [0, 0.05) is 6.04 Å². The number of nitrogens with two attached hydrogens (primary N) is 1. The number of hydrogen-bond donors (Lipinski definition) is 2. The minimum Gasteiger partial charge on any atom is -0.271 e. The van der Waals surface area contributed by atoms with Crippen molar-refractivity contribution in [2.45, 2.75) is 18.9 Å². The van der Waals surface area contributed by atoms with Gasteiger partial charge >= 0.3 is 0 Å². The van der Waals surface area contributed by atoms with Crippen molar-refractivity contribution in [3.63, 3.8) is 0 Å². The molecule has 3 N–H and O–H groups in total. The van der Waals surface area contributed by atoms with Gasteiger partial charge in [-0.3, -0.25) is 11.3 Å². The van der Waals surface area contributed by atoms with Crippen molar-refractivity contribution in [1.29, 1.82) is 0 Å². The van der Waals surface area contributed by atoms with E-state index in [0.717, 1.165) is 12.2 Å². The molecular weight excluding hydrogens is 247 g/mol. The minimum atomic E-state index is -0.339. The van der Waals surface area contributed by atoms with Gasteiger partial charge in [-0.05, 0) is 36.5 Å².